The molecule has 3 rings (SSSR count). The van der Waals surface area contributed by atoms with Crippen molar-refractivity contribution in [1.82, 2.24) is 19.7 Å². The molecular weight excluding hydrogens is 442 g/mol. The molecule has 0 radical (unpaired) electrons. The molecule has 1 aromatic heterocycles. The van der Waals surface area contributed by atoms with Crippen molar-refractivity contribution < 1.29 is 14.5 Å². The van der Waals surface area contributed by atoms with Gasteiger partial charge in [-0.3, -0.25) is 19.5 Å². The number of nitro groups is 1. The Morgan fingerprint density at radius 2 is 1.85 bits per heavy atom. The summed E-state index contributed by atoms with van der Waals surface area (Å²) in [6.07, 6.45) is 0.919. The number of carbonyl (C=O) groups is 1. The first-order valence-electron chi connectivity index (χ1n) is 10.6. The van der Waals surface area contributed by atoms with Gasteiger partial charge in [0.1, 0.15) is 0 Å². The maximum absolute atomic E-state index is 12.4. The van der Waals surface area contributed by atoms with Gasteiger partial charge in [0.15, 0.2) is 11.0 Å². The number of ether oxygens (including phenoxy) is 1. The van der Waals surface area contributed by atoms with Gasteiger partial charge in [-0.15, -0.1) is 10.2 Å². The van der Waals surface area contributed by atoms with E-state index in [4.69, 9.17) is 4.74 Å². The molecule has 33 heavy (non-hydrogen) atoms. The second-order valence-electron chi connectivity index (χ2n) is 7.47. The van der Waals surface area contributed by atoms with Crippen LogP contribution in [0.25, 0.3) is 11.4 Å². The first kappa shape index (κ1) is 24.4. The van der Waals surface area contributed by atoms with Gasteiger partial charge in [0.25, 0.3) is 11.6 Å². The minimum Gasteiger partial charge on any atom is -0.383 e. The Morgan fingerprint density at radius 3 is 2.45 bits per heavy atom. The fourth-order valence-electron chi connectivity index (χ4n) is 3.27. The van der Waals surface area contributed by atoms with E-state index < -0.39 is 4.92 Å². The number of nitrogens with zero attached hydrogens (tertiary/aromatic N) is 5. The number of nitro benzene ring substituents is 1. The number of hydrogen-bond acceptors (Lipinski definition) is 7. The molecule has 10 heteroatoms. The number of rotatable bonds is 11. The fraction of sp³-hybridized carbons (Fsp3) is 0.348. The van der Waals surface area contributed by atoms with E-state index in [2.05, 4.69) is 10.2 Å². The average Bonchev–Trinajstić information content (AvgIpc) is 3.24. The van der Waals surface area contributed by atoms with Crippen LogP contribution in [0.1, 0.15) is 29.3 Å². The summed E-state index contributed by atoms with van der Waals surface area (Å²) in [6, 6.07) is 13.9. The number of hydrogen-bond donors (Lipinski definition) is 0. The van der Waals surface area contributed by atoms with Crippen molar-refractivity contribution in [3.8, 4) is 11.4 Å². The van der Waals surface area contributed by atoms with Crippen molar-refractivity contribution in [2.24, 2.45) is 0 Å². The molecule has 0 saturated heterocycles. The summed E-state index contributed by atoms with van der Waals surface area (Å²) < 4.78 is 7.19. The van der Waals surface area contributed by atoms with E-state index in [-0.39, 0.29) is 11.6 Å². The molecular formula is C23H27N5O4S. The van der Waals surface area contributed by atoms with Gasteiger partial charge in [-0.05, 0) is 36.2 Å². The number of carbonyl (C=O) groups excluding carboxylic acids is 1. The number of amides is 1. The lowest BCUT2D eigenvalue weighted by molar-refractivity contribution is -0.384. The molecule has 0 aliphatic heterocycles. The number of benzene rings is 2. The van der Waals surface area contributed by atoms with E-state index in [1.165, 1.54) is 23.9 Å². The van der Waals surface area contributed by atoms with Gasteiger partial charge in [0.2, 0.25) is 0 Å². The maximum Gasteiger partial charge on any atom is 0.269 e. The molecule has 2 aromatic carbocycles. The molecule has 0 fully saturated rings. The van der Waals surface area contributed by atoms with Crippen LogP contribution >= 0.6 is 11.8 Å². The van der Waals surface area contributed by atoms with Crippen LogP contribution in [0.5, 0.6) is 0 Å². The summed E-state index contributed by atoms with van der Waals surface area (Å²) in [6.45, 7) is 3.80. The van der Waals surface area contributed by atoms with Gasteiger partial charge < -0.3 is 9.64 Å². The van der Waals surface area contributed by atoms with Crippen molar-refractivity contribution in [1.29, 1.82) is 0 Å². The Labute approximate surface area is 196 Å². The van der Waals surface area contributed by atoms with Crippen molar-refractivity contribution in [2.45, 2.75) is 30.8 Å². The third-order valence-electron chi connectivity index (χ3n) is 5.05. The Bertz CT molecular complexity index is 1080. The van der Waals surface area contributed by atoms with E-state index >= 15 is 0 Å². The smallest absolute Gasteiger partial charge is 0.269 e. The highest BCUT2D eigenvalue weighted by Crippen LogP contribution is 2.27. The van der Waals surface area contributed by atoms with Gasteiger partial charge in [0.05, 0.1) is 18.1 Å². The third-order valence-corrected chi connectivity index (χ3v) is 6.08. The van der Waals surface area contributed by atoms with Crippen LogP contribution in [0.3, 0.4) is 0 Å². The van der Waals surface area contributed by atoms with E-state index in [0.29, 0.717) is 30.3 Å². The van der Waals surface area contributed by atoms with Gasteiger partial charge in [-0.25, -0.2) is 0 Å². The van der Waals surface area contributed by atoms with Gasteiger partial charge in [0, 0.05) is 49.7 Å². The summed E-state index contributed by atoms with van der Waals surface area (Å²) in [5.41, 5.74) is 2.51. The van der Waals surface area contributed by atoms with Crippen LogP contribution in [0, 0.1) is 10.1 Å². The molecule has 0 bridgehead atoms. The fourth-order valence-corrected chi connectivity index (χ4v) is 4.19. The lowest BCUT2D eigenvalue weighted by Crippen LogP contribution is -2.27. The SMILES string of the molecule is CCCN(C)C(=O)c1ccc(CSc2nnc(-c3ccc([N+](=O)[O-])cc3)n2CCOC)cc1. The summed E-state index contributed by atoms with van der Waals surface area (Å²) in [4.78, 5) is 24.6. The molecule has 0 spiro atoms. The molecule has 0 atom stereocenters. The van der Waals surface area contributed by atoms with Gasteiger partial charge in [-0.1, -0.05) is 30.8 Å². The molecule has 3 aromatic rings. The predicted molar refractivity (Wildman–Crippen MR) is 127 cm³/mol. The number of non-ortho nitro benzene ring substituents is 1. The third kappa shape index (κ3) is 6.17. The molecule has 9 nitrogen and oxygen atoms in total. The second kappa shape index (κ2) is 11.6. The average molecular weight is 470 g/mol. The zero-order chi connectivity index (χ0) is 23.8. The van der Waals surface area contributed by atoms with Gasteiger partial charge in [-0.2, -0.15) is 0 Å². The highest BCUT2D eigenvalue weighted by Gasteiger charge is 2.16. The molecule has 0 unspecified atom stereocenters. The van der Waals surface area contributed by atoms with Crippen molar-refractivity contribution in [2.75, 3.05) is 27.3 Å². The summed E-state index contributed by atoms with van der Waals surface area (Å²) in [5.74, 6) is 1.30. The van der Waals surface area contributed by atoms with Crippen LogP contribution in [-0.4, -0.2) is 57.8 Å². The first-order chi connectivity index (χ1) is 15.9. The van der Waals surface area contributed by atoms with Crippen molar-refractivity contribution in [3.05, 3.63) is 69.8 Å². The zero-order valence-electron chi connectivity index (χ0n) is 18.9. The number of aromatic nitrogens is 3. The molecule has 0 aliphatic rings. The van der Waals surface area contributed by atoms with Crippen LogP contribution in [0.2, 0.25) is 0 Å². The molecule has 0 aliphatic carbocycles. The standard InChI is InChI=1S/C23H27N5O4S/c1-4-13-26(2)22(29)19-7-5-17(6-8-19)16-33-23-25-24-21(27(23)14-15-32-3)18-9-11-20(12-10-18)28(30)31/h5-12H,4,13-16H2,1-3H3. The monoisotopic (exact) mass is 469 g/mol. The lowest BCUT2D eigenvalue weighted by atomic mass is 10.1. The largest absolute Gasteiger partial charge is 0.383 e. The molecule has 1 heterocycles. The summed E-state index contributed by atoms with van der Waals surface area (Å²) in [7, 11) is 3.44. The number of thioether (sulfide) groups is 1. The second-order valence-corrected chi connectivity index (χ2v) is 8.41. The lowest BCUT2D eigenvalue weighted by Gasteiger charge is -2.16. The van der Waals surface area contributed by atoms with Crippen molar-refractivity contribution in [3.63, 3.8) is 0 Å². The van der Waals surface area contributed by atoms with Crippen molar-refractivity contribution >= 4 is 23.4 Å². The van der Waals surface area contributed by atoms with Crippen LogP contribution in [0.4, 0.5) is 5.69 Å². The summed E-state index contributed by atoms with van der Waals surface area (Å²) in [5, 5.41) is 20.3. The van der Waals surface area contributed by atoms with Crippen LogP contribution < -0.4 is 0 Å². The molecule has 174 valence electrons. The Kier molecular flexibility index (Phi) is 8.56. The maximum atomic E-state index is 12.4. The predicted octanol–water partition coefficient (Wildman–Crippen LogP) is 4.27. The normalized spacial score (nSPS) is 10.9. The zero-order valence-corrected chi connectivity index (χ0v) is 19.7. The number of methoxy groups -OCH3 is 1. The molecule has 0 saturated carbocycles. The van der Waals surface area contributed by atoms with E-state index in [1.54, 1.807) is 24.1 Å². The van der Waals surface area contributed by atoms with E-state index in [0.717, 1.165) is 29.2 Å². The van der Waals surface area contributed by atoms with Crippen LogP contribution in [-0.2, 0) is 17.0 Å². The van der Waals surface area contributed by atoms with E-state index in [1.807, 2.05) is 42.8 Å². The van der Waals surface area contributed by atoms with Crippen LogP contribution in [0.15, 0.2) is 53.7 Å². The first-order valence-corrected chi connectivity index (χ1v) is 11.6. The minimum atomic E-state index is -0.429. The van der Waals surface area contributed by atoms with Gasteiger partial charge >= 0.3 is 0 Å². The molecule has 0 N–H and O–H groups in total. The quantitative estimate of drug-likeness (QED) is 0.235. The Morgan fingerprint density at radius 1 is 1.15 bits per heavy atom. The Hall–Kier alpha value is -3.24. The topological polar surface area (TPSA) is 103 Å². The Balaban J connectivity index is 1.74. The summed E-state index contributed by atoms with van der Waals surface area (Å²) >= 11 is 1.53. The minimum absolute atomic E-state index is 0.0168. The molecule has 1 amide bonds. The highest BCUT2D eigenvalue weighted by molar-refractivity contribution is 7.98. The van der Waals surface area contributed by atoms with E-state index in [9.17, 15) is 14.9 Å². The highest BCUT2D eigenvalue weighted by atomic mass is 32.2.